The summed E-state index contributed by atoms with van der Waals surface area (Å²) in [6, 6.07) is -0.468. The predicted octanol–water partition coefficient (Wildman–Crippen LogP) is 1.16. The van der Waals surface area contributed by atoms with Crippen molar-refractivity contribution in [1.29, 1.82) is 0 Å². The van der Waals surface area contributed by atoms with Crippen molar-refractivity contribution in [1.82, 2.24) is 19.6 Å². The number of carbonyl (C=O) groups excluding carboxylic acids is 1. The van der Waals surface area contributed by atoms with Crippen LogP contribution < -0.4 is 5.73 Å². The third-order valence-electron chi connectivity index (χ3n) is 4.52. The molecule has 1 fully saturated rings. The summed E-state index contributed by atoms with van der Waals surface area (Å²) in [4.78, 5) is 16.1. The molecule has 0 aromatic carbocycles. The lowest BCUT2D eigenvalue weighted by Gasteiger charge is -2.29. The minimum absolute atomic E-state index is 0.0143. The van der Waals surface area contributed by atoms with Crippen LogP contribution in [0.3, 0.4) is 0 Å². The van der Waals surface area contributed by atoms with E-state index in [2.05, 4.69) is 10.00 Å². The minimum Gasteiger partial charge on any atom is -0.343 e. The first-order valence-corrected chi connectivity index (χ1v) is 8.62. The number of hydrogen-bond acceptors (Lipinski definition) is 4. The molecule has 1 amide bonds. The molecule has 0 aliphatic carbocycles. The van der Waals surface area contributed by atoms with Gasteiger partial charge in [0.25, 0.3) is 0 Å². The first kappa shape index (κ1) is 18.9. The molecule has 1 aliphatic heterocycles. The number of aromatic nitrogens is 2. The third-order valence-corrected chi connectivity index (χ3v) is 4.52. The summed E-state index contributed by atoms with van der Waals surface area (Å²) in [7, 11) is 3.63. The average molecular weight is 339 g/mol. The maximum absolute atomic E-state index is 13.9. The quantitative estimate of drug-likeness (QED) is 0.810. The molecule has 6 nitrogen and oxygen atoms in total. The standard InChI is InChI=1S/C17H30FN5O/c1-12(2)5-16(19)17(24)21(3)11-15-6-14(18)10-23(15)9-13-7-20-22(4)8-13/h7-8,12,14-16H,5-6,9-11,19H2,1-4H3/t14-,15-,16-/m0/s1. The molecular weight excluding hydrogens is 309 g/mol. The summed E-state index contributed by atoms with van der Waals surface area (Å²) in [6.45, 7) is 5.66. The summed E-state index contributed by atoms with van der Waals surface area (Å²) in [5.41, 5.74) is 7.05. The Labute approximate surface area is 143 Å². The number of aryl methyl sites for hydroxylation is 1. The monoisotopic (exact) mass is 339 g/mol. The lowest BCUT2D eigenvalue weighted by Crippen LogP contribution is -2.47. The lowest BCUT2D eigenvalue weighted by atomic mass is 10.0. The highest BCUT2D eigenvalue weighted by Gasteiger charge is 2.34. The highest BCUT2D eigenvalue weighted by molar-refractivity contribution is 5.81. The van der Waals surface area contributed by atoms with Crippen LogP contribution in [0.4, 0.5) is 4.39 Å². The lowest BCUT2D eigenvalue weighted by molar-refractivity contribution is -0.132. The summed E-state index contributed by atoms with van der Waals surface area (Å²) in [6.07, 6.45) is 4.02. The van der Waals surface area contributed by atoms with Gasteiger partial charge in [0.1, 0.15) is 6.17 Å². The smallest absolute Gasteiger partial charge is 0.239 e. The van der Waals surface area contributed by atoms with Crippen molar-refractivity contribution in [3.05, 3.63) is 18.0 Å². The van der Waals surface area contributed by atoms with Crippen LogP contribution in [0, 0.1) is 5.92 Å². The van der Waals surface area contributed by atoms with Crippen molar-refractivity contribution in [2.24, 2.45) is 18.7 Å². The summed E-state index contributed by atoms with van der Waals surface area (Å²) in [5.74, 6) is 0.313. The zero-order chi connectivity index (χ0) is 17.9. The van der Waals surface area contributed by atoms with E-state index >= 15 is 0 Å². The van der Waals surface area contributed by atoms with E-state index < -0.39 is 12.2 Å². The maximum Gasteiger partial charge on any atom is 0.239 e. The molecule has 0 saturated carbocycles. The number of likely N-dealkylation sites (tertiary alicyclic amines) is 1. The van der Waals surface area contributed by atoms with Gasteiger partial charge in [0, 0.05) is 51.5 Å². The maximum atomic E-state index is 13.9. The number of nitrogens with two attached hydrogens (primary N) is 1. The Hall–Kier alpha value is -1.47. The van der Waals surface area contributed by atoms with Gasteiger partial charge in [-0.3, -0.25) is 14.4 Å². The SMILES string of the molecule is CC(C)C[C@H](N)C(=O)N(C)C[C@@H]1C[C@H](F)CN1Cc1cnn(C)c1. The molecule has 3 atom stereocenters. The second-order valence-electron chi connectivity index (χ2n) is 7.39. The number of halogens is 1. The summed E-state index contributed by atoms with van der Waals surface area (Å²) >= 11 is 0. The van der Waals surface area contributed by atoms with Gasteiger partial charge >= 0.3 is 0 Å². The number of hydrogen-bond donors (Lipinski definition) is 1. The van der Waals surface area contributed by atoms with Crippen molar-refractivity contribution < 1.29 is 9.18 Å². The number of rotatable bonds is 7. The third kappa shape index (κ3) is 5.01. The molecule has 0 radical (unpaired) electrons. The second-order valence-corrected chi connectivity index (χ2v) is 7.39. The van der Waals surface area contributed by atoms with Crippen molar-refractivity contribution in [2.45, 2.75) is 51.5 Å². The number of nitrogens with zero attached hydrogens (tertiary/aromatic N) is 4. The van der Waals surface area contributed by atoms with Gasteiger partial charge in [-0.15, -0.1) is 0 Å². The van der Waals surface area contributed by atoms with Crippen LogP contribution in [0.15, 0.2) is 12.4 Å². The number of amides is 1. The van der Waals surface area contributed by atoms with E-state index in [0.29, 0.717) is 38.4 Å². The molecule has 2 N–H and O–H groups in total. The van der Waals surface area contributed by atoms with Crippen LogP contribution in [0.5, 0.6) is 0 Å². The highest BCUT2D eigenvalue weighted by Crippen LogP contribution is 2.23. The zero-order valence-corrected chi connectivity index (χ0v) is 15.2. The molecular formula is C17H30FN5O. The van der Waals surface area contributed by atoms with Gasteiger partial charge in [0.15, 0.2) is 0 Å². The molecule has 1 saturated heterocycles. The molecule has 1 aromatic heterocycles. The van der Waals surface area contributed by atoms with Crippen LogP contribution in [-0.4, -0.2) is 63.9 Å². The van der Waals surface area contributed by atoms with E-state index in [9.17, 15) is 9.18 Å². The number of likely N-dealkylation sites (N-methyl/N-ethyl adjacent to an activating group) is 1. The predicted molar refractivity (Wildman–Crippen MR) is 92.0 cm³/mol. The highest BCUT2D eigenvalue weighted by atomic mass is 19.1. The van der Waals surface area contributed by atoms with Gasteiger partial charge in [-0.2, -0.15) is 5.10 Å². The topological polar surface area (TPSA) is 67.4 Å². The van der Waals surface area contributed by atoms with Gasteiger partial charge in [-0.1, -0.05) is 13.8 Å². The van der Waals surface area contributed by atoms with Crippen LogP contribution in [0.1, 0.15) is 32.3 Å². The Morgan fingerprint density at radius 3 is 2.83 bits per heavy atom. The van der Waals surface area contributed by atoms with E-state index in [1.807, 2.05) is 27.1 Å². The van der Waals surface area contributed by atoms with Crippen LogP contribution in [0.25, 0.3) is 0 Å². The average Bonchev–Trinajstić information content (AvgIpc) is 3.03. The van der Waals surface area contributed by atoms with Crippen LogP contribution in [0.2, 0.25) is 0 Å². The molecule has 0 bridgehead atoms. The van der Waals surface area contributed by atoms with E-state index in [-0.39, 0.29) is 11.9 Å². The summed E-state index contributed by atoms with van der Waals surface area (Å²) < 4.78 is 15.7. The van der Waals surface area contributed by atoms with Crippen LogP contribution >= 0.6 is 0 Å². The Balaban J connectivity index is 1.94. The fraction of sp³-hybridized carbons (Fsp3) is 0.765. The second kappa shape index (κ2) is 8.07. The molecule has 7 heteroatoms. The summed E-state index contributed by atoms with van der Waals surface area (Å²) in [5, 5.41) is 4.16. The Bertz CT molecular complexity index is 547. The van der Waals surface area contributed by atoms with Gasteiger partial charge < -0.3 is 10.6 Å². The van der Waals surface area contributed by atoms with E-state index in [4.69, 9.17) is 5.73 Å². The molecule has 136 valence electrons. The van der Waals surface area contributed by atoms with Gasteiger partial charge in [0.2, 0.25) is 5.91 Å². The van der Waals surface area contributed by atoms with Crippen molar-refractivity contribution >= 4 is 5.91 Å². The van der Waals surface area contributed by atoms with Crippen molar-refractivity contribution in [3.63, 3.8) is 0 Å². The molecule has 0 spiro atoms. The van der Waals surface area contributed by atoms with E-state index in [1.165, 1.54) is 0 Å². The fourth-order valence-electron chi connectivity index (χ4n) is 3.39. The van der Waals surface area contributed by atoms with E-state index in [0.717, 1.165) is 5.56 Å². The van der Waals surface area contributed by atoms with Gasteiger partial charge in [-0.05, 0) is 18.8 Å². The normalized spacial score (nSPS) is 23.0. The molecule has 24 heavy (non-hydrogen) atoms. The Kier molecular flexibility index (Phi) is 6.34. The molecule has 1 aliphatic rings. The van der Waals surface area contributed by atoms with Crippen molar-refractivity contribution in [2.75, 3.05) is 20.1 Å². The first-order valence-electron chi connectivity index (χ1n) is 8.62. The van der Waals surface area contributed by atoms with Gasteiger partial charge in [-0.25, -0.2) is 4.39 Å². The number of carbonyl (C=O) groups is 1. The fourth-order valence-corrected chi connectivity index (χ4v) is 3.39. The zero-order valence-electron chi connectivity index (χ0n) is 15.2. The molecule has 2 rings (SSSR count). The Morgan fingerprint density at radius 2 is 2.25 bits per heavy atom. The van der Waals surface area contributed by atoms with E-state index in [1.54, 1.807) is 22.8 Å². The molecule has 1 aromatic rings. The van der Waals surface area contributed by atoms with Crippen molar-refractivity contribution in [3.8, 4) is 0 Å². The van der Waals surface area contributed by atoms with Gasteiger partial charge in [0.05, 0.1) is 12.2 Å². The largest absolute Gasteiger partial charge is 0.343 e. The molecule has 0 unspecified atom stereocenters. The first-order chi connectivity index (χ1) is 11.3. The van der Waals surface area contributed by atoms with Crippen LogP contribution in [-0.2, 0) is 18.4 Å². The Morgan fingerprint density at radius 1 is 1.54 bits per heavy atom. The number of alkyl halides is 1. The minimum atomic E-state index is -0.848. The molecule has 2 heterocycles.